The highest BCUT2D eigenvalue weighted by Gasteiger charge is 2.52. The molecule has 1 aliphatic rings. The molecule has 3 aromatic rings. The minimum Gasteiger partial charge on any atom is -0.452 e. The fourth-order valence-electron chi connectivity index (χ4n) is 4.15. The SMILES string of the molecule is C=CC[C@@H]1OC(OC(=O)c2ccccc2)[C@H](OC(=O)c2ccccc2)[C@H](OC(=O)c2ccccc2)C1OC. The van der Waals surface area contributed by atoms with Gasteiger partial charge in [0.1, 0.15) is 6.10 Å². The Bertz CT molecular complexity index is 1230. The van der Waals surface area contributed by atoms with Crippen molar-refractivity contribution in [2.45, 2.75) is 37.1 Å². The number of ether oxygens (including phenoxy) is 5. The number of benzene rings is 3. The van der Waals surface area contributed by atoms with E-state index in [1.165, 1.54) is 7.11 Å². The molecule has 8 nitrogen and oxygen atoms in total. The highest BCUT2D eigenvalue weighted by atomic mass is 16.7. The third-order valence-electron chi connectivity index (χ3n) is 6.00. The largest absolute Gasteiger partial charge is 0.452 e. The van der Waals surface area contributed by atoms with Crippen LogP contribution in [0.25, 0.3) is 0 Å². The van der Waals surface area contributed by atoms with Gasteiger partial charge in [0.05, 0.1) is 22.8 Å². The first-order chi connectivity index (χ1) is 18.5. The van der Waals surface area contributed by atoms with E-state index in [4.69, 9.17) is 23.7 Å². The predicted octanol–water partition coefficient (Wildman–Crippen LogP) is 4.61. The lowest BCUT2D eigenvalue weighted by atomic mass is 9.95. The maximum Gasteiger partial charge on any atom is 0.340 e. The summed E-state index contributed by atoms with van der Waals surface area (Å²) in [5.41, 5.74) is 0.826. The molecule has 38 heavy (non-hydrogen) atoms. The standard InChI is InChI=1S/C30H28O8/c1-3-13-23-24(34-2)25(36-27(31)20-14-7-4-8-15-20)26(37-28(32)21-16-9-5-10-17-21)30(35-23)38-29(33)22-18-11-6-12-19-22/h3-12,14-19,23-26,30H,1,13H2,2H3/t23-,24?,25+,26+,30?/m0/s1. The van der Waals surface area contributed by atoms with E-state index in [0.717, 1.165) is 0 Å². The molecule has 196 valence electrons. The van der Waals surface area contributed by atoms with Crippen LogP contribution in [0.3, 0.4) is 0 Å². The van der Waals surface area contributed by atoms with Crippen molar-refractivity contribution in [3.8, 4) is 0 Å². The zero-order valence-electron chi connectivity index (χ0n) is 20.8. The molecular weight excluding hydrogens is 488 g/mol. The molecule has 4 rings (SSSR count). The molecule has 1 heterocycles. The van der Waals surface area contributed by atoms with Crippen molar-refractivity contribution in [2.24, 2.45) is 0 Å². The maximum atomic E-state index is 13.1. The van der Waals surface area contributed by atoms with Crippen molar-refractivity contribution < 1.29 is 38.1 Å². The molecule has 5 atom stereocenters. The third kappa shape index (κ3) is 6.34. The van der Waals surface area contributed by atoms with Crippen LogP contribution in [0.5, 0.6) is 0 Å². The van der Waals surface area contributed by atoms with Gasteiger partial charge in [-0.1, -0.05) is 60.7 Å². The Hall–Kier alpha value is -4.27. The number of carbonyl (C=O) groups is 3. The van der Waals surface area contributed by atoms with Crippen molar-refractivity contribution in [1.29, 1.82) is 0 Å². The molecule has 1 fully saturated rings. The van der Waals surface area contributed by atoms with Gasteiger partial charge in [0.25, 0.3) is 0 Å². The average Bonchev–Trinajstić information content (AvgIpc) is 2.96. The van der Waals surface area contributed by atoms with E-state index < -0.39 is 48.6 Å². The van der Waals surface area contributed by atoms with Crippen molar-refractivity contribution in [3.05, 3.63) is 120 Å². The average molecular weight is 517 g/mol. The Morgan fingerprint density at radius 2 is 1.11 bits per heavy atom. The summed E-state index contributed by atoms with van der Waals surface area (Å²) in [5.74, 6) is -2.07. The Morgan fingerprint density at radius 3 is 1.53 bits per heavy atom. The normalized spacial score (nSPS) is 22.6. The van der Waals surface area contributed by atoms with Gasteiger partial charge in [-0.15, -0.1) is 6.58 Å². The van der Waals surface area contributed by atoms with Crippen molar-refractivity contribution >= 4 is 17.9 Å². The third-order valence-corrected chi connectivity index (χ3v) is 6.00. The first-order valence-corrected chi connectivity index (χ1v) is 12.1. The molecule has 0 bridgehead atoms. The van der Waals surface area contributed by atoms with E-state index in [2.05, 4.69) is 6.58 Å². The summed E-state index contributed by atoms with van der Waals surface area (Å²) < 4.78 is 29.1. The number of hydrogen-bond donors (Lipinski definition) is 0. The quantitative estimate of drug-likeness (QED) is 0.231. The summed E-state index contributed by atoms with van der Waals surface area (Å²) in [6, 6.07) is 25.0. The molecule has 0 saturated carbocycles. The van der Waals surface area contributed by atoms with Crippen molar-refractivity contribution in [1.82, 2.24) is 0 Å². The summed E-state index contributed by atoms with van der Waals surface area (Å²) in [7, 11) is 1.43. The molecule has 1 saturated heterocycles. The second-order valence-corrected chi connectivity index (χ2v) is 8.51. The van der Waals surface area contributed by atoms with Gasteiger partial charge in [0.15, 0.2) is 6.10 Å². The lowest BCUT2D eigenvalue weighted by Gasteiger charge is -2.44. The molecule has 2 unspecified atom stereocenters. The monoisotopic (exact) mass is 516 g/mol. The molecule has 0 amide bonds. The second-order valence-electron chi connectivity index (χ2n) is 8.51. The second kappa shape index (κ2) is 12.8. The Labute approximate surface area is 220 Å². The minimum absolute atomic E-state index is 0.260. The van der Waals surface area contributed by atoms with Gasteiger partial charge >= 0.3 is 17.9 Å². The summed E-state index contributed by atoms with van der Waals surface area (Å²) in [6.45, 7) is 3.76. The number of rotatable bonds is 9. The molecule has 0 radical (unpaired) electrons. The number of hydrogen-bond acceptors (Lipinski definition) is 8. The highest BCUT2D eigenvalue weighted by molar-refractivity contribution is 5.91. The van der Waals surface area contributed by atoms with Crippen LogP contribution in [0.2, 0.25) is 0 Å². The fourth-order valence-corrected chi connectivity index (χ4v) is 4.15. The maximum absolute atomic E-state index is 13.1. The van der Waals surface area contributed by atoms with Crippen molar-refractivity contribution in [3.63, 3.8) is 0 Å². The van der Waals surface area contributed by atoms with Crippen LogP contribution in [-0.2, 0) is 23.7 Å². The molecule has 1 aliphatic heterocycles. The Morgan fingerprint density at radius 1 is 0.684 bits per heavy atom. The zero-order valence-corrected chi connectivity index (χ0v) is 20.8. The predicted molar refractivity (Wildman–Crippen MR) is 137 cm³/mol. The van der Waals surface area contributed by atoms with Crippen LogP contribution in [0.4, 0.5) is 0 Å². The van der Waals surface area contributed by atoms with E-state index in [9.17, 15) is 14.4 Å². The summed E-state index contributed by atoms with van der Waals surface area (Å²) >= 11 is 0. The molecule has 3 aromatic carbocycles. The van der Waals surface area contributed by atoms with E-state index in [1.54, 1.807) is 97.1 Å². The van der Waals surface area contributed by atoms with E-state index >= 15 is 0 Å². The summed E-state index contributed by atoms with van der Waals surface area (Å²) in [5, 5.41) is 0. The Kier molecular flexibility index (Phi) is 9.02. The number of carbonyl (C=O) groups excluding carboxylic acids is 3. The van der Waals surface area contributed by atoms with Crippen LogP contribution < -0.4 is 0 Å². The van der Waals surface area contributed by atoms with Crippen molar-refractivity contribution in [2.75, 3.05) is 7.11 Å². The number of methoxy groups -OCH3 is 1. The summed E-state index contributed by atoms with van der Waals surface area (Å²) in [6.07, 6.45) is -3.59. The van der Waals surface area contributed by atoms with E-state index in [1.807, 2.05) is 0 Å². The first-order valence-electron chi connectivity index (χ1n) is 12.1. The molecule has 0 spiro atoms. The Balaban J connectivity index is 1.70. The van der Waals surface area contributed by atoms with Gasteiger partial charge in [0, 0.05) is 7.11 Å². The lowest BCUT2D eigenvalue weighted by molar-refractivity contribution is -0.282. The van der Waals surface area contributed by atoms with Gasteiger partial charge in [-0.2, -0.15) is 0 Å². The van der Waals surface area contributed by atoms with Gasteiger partial charge in [-0.05, 0) is 42.8 Å². The van der Waals surface area contributed by atoms with Crippen LogP contribution >= 0.6 is 0 Å². The molecule has 8 heteroatoms. The fraction of sp³-hybridized carbons (Fsp3) is 0.233. The van der Waals surface area contributed by atoms with E-state index in [0.29, 0.717) is 5.56 Å². The summed E-state index contributed by atoms with van der Waals surface area (Å²) in [4.78, 5) is 39.2. The van der Waals surface area contributed by atoms with Crippen LogP contribution in [0, 0.1) is 0 Å². The topological polar surface area (TPSA) is 97.4 Å². The molecular formula is C30H28O8. The zero-order chi connectivity index (χ0) is 26.9. The number of esters is 3. The van der Waals surface area contributed by atoms with E-state index in [-0.39, 0.29) is 17.5 Å². The van der Waals surface area contributed by atoms with Crippen LogP contribution in [0.15, 0.2) is 104 Å². The highest BCUT2D eigenvalue weighted by Crippen LogP contribution is 2.32. The van der Waals surface area contributed by atoms with Gasteiger partial charge < -0.3 is 23.7 Å². The molecule has 0 aromatic heterocycles. The van der Waals surface area contributed by atoms with Crippen LogP contribution in [-0.4, -0.2) is 55.7 Å². The minimum atomic E-state index is -1.40. The molecule has 0 N–H and O–H groups in total. The van der Waals surface area contributed by atoms with Gasteiger partial charge in [0.2, 0.25) is 12.4 Å². The molecule has 0 aliphatic carbocycles. The van der Waals surface area contributed by atoms with Gasteiger partial charge in [-0.25, -0.2) is 14.4 Å². The van der Waals surface area contributed by atoms with Crippen LogP contribution in [0.1, 0.15) is 37.5 Å². The van der Waals surface area contributed by atoms with Gasteiger partial charge in [-0.3, -0.25) is 0 Å². The first kappa shape index (κ1) is 26.8. The lowest BCUT2D eigenvalue weighted by Crippen LogP contribution is -2.61. The smallest absolute Gasteiger partial charge is 0.340 e.